The van der Waals surface area contributed by atoms with Crippen LogP contribution in [0.25, 0.3) is 0 Å². The van der Waals surface area contributed by atoms with Gasteiger partial charge in [0.1, 0.15) is 0 Å². The minimum atomic E-state index is 0.738. The molecule has 1 aliphatic carbocycles. The monoisotopic (exact) mass is 210 g/mol. The van der Waals surface area contributed by atoms with Crippen LogP contribution in [-0.4, -0.2) is 37.1 Å². The van der Waals surface area contributed by atoms with E-state index in [0.29, 0.717) is 0 Å². The lowest BCUT2D eigenvalue weighted by Crippen LogP contribution is -2.38. The Balaban J connectivity index is 1.49. The summed E-state index contributed by atoms with van der Waals surface area (Å²) >= 11 is 0. The van der Waals surface area contributed by atoms with Crippen molar-refractivity contribution < 1.29 is 0 Å². The molecule has 1 unspecified atom stereocenters. The van der Waals surface area contributed by atoms with Gasteiger partial charge in [0.05, 0.1) is 0 Å². The van der Waals surface area contributed by atoms with Crippen LogP contribution in [0, 0.1) is 5.92 Å². The third-order valence-electron chi connectivity index (χ3n) is 3.75. The van der Waals surface area contributed by atoms with E-state index in [1.165, 1.54) is 64.7 Å². The lowest BCUT2D eigenvalue weighted by Gasteiger charge is -2.27. The topological polar surface area (TPSA) is 15.3 Å². The molecule has 1 atom stereocenters. The number of hydrogen-bond acceptors (Lipinski definition) is 2. The molecule has 2 nitrogen and oxygen atoms in total. The lowest BCUT2D eigenvalue weighted by molar-refractivity contribution is 0.226. The molecule has 1 N–H and O–H groups in total. The van der Waals surface area contributed by atoms with Crippen molar-refractivity contribution in [3.63, 3.8) is 0 Å². The molecule has 2 heteroatoms. The van der Waals surface area contributed by atoms with Gasteiger partial charge >= 0.3 is 0 Å². The van der Waals surface area contributed by atoms with E-state index < -0.39 is 0 Å². The Hall–Kier alpha value is -0.0800. The van der Waals surface area contributed by atoms with E-state index in [1.807, 2.05) is 0 Å². The molecule has 1 saturated heterocycles. The SMILES string of the molecule is CC(CC1CC1)NCCN1CCCCC1. The van der Waals surface area contributed by atoms with Gasteiger partial charge in [-0.2, -0.15) is 0 Å². The summed E-state index contributed by atoms with van der Waals surface area (Å²) in [5.74, 6) is 1.06. The van der Waals surface area contributed by atoms with Crippen molar-refractivity contribution in [2.24, 2.45) is 5.92 Å². The first kappa shape index (κ1) is 11.4. The summed E-state index contributed by atoms with van der Waals surface area (Å²) in [7, 11) is 0. The highest BCUT2D eigenvalue weighted by Gasteiger charge is 2.23. The van der Waals surface area contributed by atoms with Crippen LogP contribution in [0.4, 0.5) is 0 Å². The molecule has 0 aromatic rings. The smallest absolute Gasteiger partial charge is 0.0107 e. The summed E-state index contributed by atoms with van der Waals surface area (Å²) in [6.45, 7) is 7.45. The van der Waals surface area contributed by atoms with E-state index in [-0.39, 0.29) is 0 Å². The number of hydrogen-bond donors (Lipinski definition) is 1. The highest BCUT2D eigenvalue weighted by molar-refractivity contribution is 4.78. The summed E-state index contributed by atoms with van der Waals surface area (Å²) < 4.78 is 0. The van der Waals surface area contributed by atoms with Crippen LogP contribution in [0.2, 0.25) is 0 Å². The first-order chi connectivity index (χ1) is 7.34. The second-order valence-electron chi connectivity index (χ2n) is 5.44. The van der Waals surface area contributed by atoms with Gasteiger partial charge in [0.2, 0.25) is 0 Å². The maximum absolute atomic E-state index is 3.66. The molecule has 2 aliphatic rings. The van der Waals surface area contributed by atoms with Gasteiger partial charge in [-0.1, -0.05) is 19.3 Å². The van der Waals surface area contributed by atoms with E-state index in [0.717, 1.165) is 12.0 Å². The van der Waals surface area contributed by atoms with Gasteiger partial charge in [-0.05, 0) is 45.2 Å². The molecular formula is C13H26N2. The van der Waals surface area contributed by atoms with E-state index in [9.17, 15) is 0 Å². The number of nitrogens with one attached hydrogen (secondary N) is 1. The molecular weight excluding hydrogens is 184 g/mol. The predicted molar refractivity (Wildman–Crippen MR) is 65.1 cm³/mol. The molecule has 88 valence electrons. The molecule has 0 bridgehead atoms. The van der Waals surface area contributed by atoms with Crippen molar-refractivity contribution in [1.82, 2.24) is 10.2 Å². The van der Waals surface area contributed by atoms with Gasteiger partial charge < -0.3 is 10.2 Å². The van der Waals surface area contributed by atoms with Crippen LogP contribution in [0.5, 0.6) is 0 Å². The van der Waals surface area contributed by atoms with Crippen LogP contribution in [0.15, 0.2) is 0 Å². The largest absolute Gasteiger partial charge is 0.313 e. The molecule has 1 saturated carbocycles. The van der Waals surface area contributed by atoms with Crippen LogP contribution >= 0.6 is 0 Å². The maximum atomic E-state index is 3.66. The molecule has 0 aromatic heterocycles. The highest BCUT2D eigenvalue weighted by Crippen LogP contribution is 2.33. The van der Waals surface area contributed by atoms with Crippen LogP contribution in [0.3, 0.4) is 0 Å². The van der Waals surface area contributed by atoms with Crippen molar-refractivity contribution in [2.45, 2.75) is 51.5 Å². The molecule has 0 radical (unpaired) electrons. The van der Waals surface area contributed by atoms with Gasteiger partial charge in [-0.15, -0.1) is 0 Å². The molecule has 0 amide bonds. The molecule has 0 aromatic carbocycles. The van der Waals surface area contributed by atoms with Crippen LogP contribution in [-0.2, 0) is 0 Å². The first-order valence-electron chi connectivity index (χ1n) is 6.80. The average molecular weight is 210 g/mol. The quantitative estimate of drug-likeness (QED) is 0.723. The van der Waals surface area contributed by atoms with Gasteiger partial charge in [-0.25, -0.2) is 0 Å². The van der Waals surface area contributed by atoms with Gasteiger partial charge in [0.15, 0.2) is 0 Å². The van der Waals surface area contributed by atoms with Crippen molar-refractivity contribution in [3.05, 3.63) is 0 Å². The molecule has 2 rings (SSSR count). The maximum Gasteiger partial charge on any atom is 0.0107 e. The number of nitrogens with zero attached hydrogens (tertiary/aromatic N) is 1. The summed E-state index contributed by atoms with van der Waals surface area (Å²) in [5.41, 5.74) is 0. The van der Waals surface area contributed by atoms with Crippen molar-refractivity contribution in [2.75, 3.05) is 26.2 Å². The zero-order valence-corrected chi connectivity index (χ0v) is 10.2. The Morgan fingerprint density at radius 2 is 1.93 bits per heavy atom. The minimum Gasteiger partial charge on any atom is -0.313 e. The van der Waals surface area contributed by atoms with Gasteiger partial charge in [0, 0.05) is 19.1 Å². The fraction of sp³-hybridized carbons (Fsp3) is 1.00. The zero-order valence-electron chi connectivity index (χ0n) is 10.2. The van der Waals surface area contributed by atoms with E-state index in [2.05, 4.69) is 17.1 Å². The van der Waals surface area contributed by atoms with E-state index in [4.69, 9.17) is 0 Å². The molecule has 2 fully saturated rings. The van der Waals surface area contributed by atoms with Crippen LogP contribution < -0.4 is 5.32 Å². The predicted octanol–water partition coefficient (Wildman–Crippen LogP) is 2.25. The Kier molecular flexibility index (Phi) is 4.45. The standard InChI is InChI=1S/C13H26N2/c1-12(11-13-5-6-13)14-7-10-15-8-3-2-4-9-15/h12-14H,2-11H2,1H3. The zero-order chi connectivity index (χ0) is 10.5. The normalized spacial score (nSPS) is 25.4. The highest BCUT2D eigenvalue weighted by atomic mass is 15.1. The van der Waals surface area contributed by atoms with Crippen LogP contribution in [0.1, 0.15) is 45.4 Å². The fourth-order valence-corrected chi connectivity index (χ4v) is 2.59. The molecule has 0 spiro atoms. The number of rotatable bonds is 6. The Labute approximate surface area is 94.4 Å². The van der Waals surface area contributed by atoms with E-state index in [1.54, 1.807) is 0 Å². The van der Waals surface area contributed by atoms with Crippen molar-refractivity contribution >= 4 is 0 Å². The van der Waals surface area contributed by atoms with Crippen molar-refractivity contribution in [3.8, 4) is 0 Å². The Morgan fingerprint density at radius 1 is 1.20 bits per heavy atom. The summed E-state index contributed by atoms with van der Waals surface area (Å²) in [6.07, 6.45) is 8.65. The lowest BCUT2D eigenvalue weighted by atomic mass is 10.1. The summed E-state index contributed by atoms with van der Waals surface area (Å²) in [4.78, 5) is 2.61. The Morgan fingerprint density at radius 3 is 2.60 bits per heavy atom. The van der Waals surface area contributed by atoms with Gasteiger partial charge in [-0.3, -0.25) is 0 Å². The fourth-order valence-electron chi connectivity index (χ4n) is 2.59. The average Bonchev–Trinajstić information content (AvgIpc) is 3.03. The first-order valence-corrected chi connectivity index (χ1v) is 6.80. The number of piperidine rings is 1. The minimum absolute atomic E-state index is 0.738. The van der Waals surface area contributed by atoms with Gasteiger partial charge in [0.25, 0.3) is 0 Å². The second kappa shape index (κ2) is 5.86. The summed E-state index contributed by atoms with van der Waals surface area (Å²) in [6, 6.07) is 0.738. The van der Waals surface area contributed by atoms with Crippen molar-refractivity contribution in [1.29, 1.82) is 0 Å². The third kappa shape index (κ3) is 4.52. The number of likely N-dealkylation sites (tertiary alicyclic amines) is 1. The molecule has 15 heavy (non-hydrogen) atoms. The molecule has 1 heterocycles. The third-order valence-corrected chi connectivity index (χ3v) is 3.75. The summed E-state index contributed by atoms with van der Waals surface area (Å²) in [5, 5.41) is 3.66. The second-order valence-corrected chi connectivity index (χ2v) is 5.44. The Bertz CT molecular complexity index is 171. The molecule has 1 aliphatic heterocycles. The van der Waals surface area contributed by atoms with E-state index >= 15 is 0 Å².